The van der Waals surface area contributed by atoms with Crippen molar-refractivity contribution in [1.82, 2.24) is 4.90 Å². The van der Waals surface area contributed by atoms with E-state index >= 15 is 0 Å². The van der Waals surface area contributed by atoms with Crippen molar-refractivity contribution in [2.45, 2.75) is 70.6 Å². The lowest BCUT2D eigenvalue weighted by Gasteiger charge is -2.31. The number of esters is 1. The first-order valence-electron chi connectivity index (χ1n) is 7.66. The highest BCUT2D eigenvalue weighted by Gasteiger charge is 2.52. The molecule has 0 amide bonds. The maximum atomic E-state index is 12.1. The molecule has 2 rings (SSSR count). The zero-order valence-corrected chi connectivity index (χ0v) is 12.4. The second kappa shape index (κ2) is 5.80. The summed E-state index contributed by atoms with van der Waals surface area (Å²) in [6.07, 6.45) is 4.76. The van der Waals surface area contributed by atoms with Gasteiger partial charge in [0, 0.05) is 18.6 Å². The zero-order chi connectivity index (χ0) is 14.0. The van der Waals surface area contributed by atoms with Gasteiger partial charge >= 0.3 is 5.97 Å². The van der Waals surface area contributed by atoms with Gasteiger partial charge in [0.05, 0.1) is 18.1 Å². The van der Waals surface area contributed by atoms with Crippen LogP contribution in [0.5, 0.6) is 0 Å². The van der Waals surface area contributed by atoms with E-state index in [-0.39, 0.29) is 11.9 Å². The highest BCUT2D eigenvalue weighted by atomic mass is 16.5. The molecule has 3 atom stereocenters. The molecule has 19 heavy (non-hydrogen) atoms. The number of nitrogens with zero attached hydrogens (tertiary/aromatic N) is 1. The Hall–Kier alpha value is -0.610. The third-order valence-corrected chi connectivity index (χ3v) is 4.48. The second-order valence-electron chi connectivity index (χ2n) is 6.15. The molecule has 0 spiro atoms. The lowest BCUT2D eigenvalue weighted by atomic mass is 9.82. The Balaban J connectivity index is 2.08. The molecule has 0 aromatic heterocycles. The Morgan fingerprint density at radius 1 is 1.47 bits per heavy atom. The molecular formula is C15H27NO3. The molecule has 2 fully saturated rings. The van der Waals surface area contributed by atoms with Crippen LogP contribution in [0.25, 0.3) is 0 Å². The molecule has 110 valence electrons. The van der Waals surface area contributed by atoms with Crippen LogP contribution in [-0.2, 0) is 9.53 Å². The Kier molecular flexibility index (Phi) is 4.51. The van der Waals surface area contributed by atoms with Gasteiger partial charge in [0.2, 0.25) is 0 Å². The highest BCUT2D eigenvalue weighted by Crippen LogP contribution is 2.41. The van der Waals surface area contributed by atoms with E-state index in [9.17, 15) is 9.90 Å². The van der Waals surface area contributed by atoms with Crippen LogP contribution in [0.4, 0.5) is 0 Å². The smallest absolute Gasteiger partial charge is 0.311 e. The largest absolute Gasteiger partial charge is 0.466 e. The van der Waals surface area contributed by atoms with Gasteiger partial charge in [-0.25, -0.2) is 0 Å². The van der Waals surface area contributed by atoms with Crippen molar-refractivity contribution in [3.05, 3.63) is 0 Å². The Bertz CT molecular complexity index is 329. The Morgan fingerprint density at radius 3 is 2.68 bits per heavy atom. The molecule has 4 heteroatoms. The van der Waals surface area contributed by atoms with Gasteiger partial charge in [0.15, 0.2) is 0 Å². The van der Waals surface area contributed by atoms with E-state index in [4.69, 9.17) is 4.74 Å². The normalized spacial score (nSPS) is 33.4. The lowest BCUT2D eigenvalue weighted by molar-refractivity contribution is -0.158. The van der Waals surface area contributed by atoms with E-state index in [1.54, 1.807) is 0 Å². The summed E-state index contributed by atoms with van der Waals surface area (Å²) in [5.74, 6) is -0.597. The standard InChI is InChI=1S/C15H27NO3/c1-4-6-13(14(17)19-5-2)15(18)9-11(3)16(10-15)12-7-8-12/h11-13,18H,4-10H2,1-3H3. The van der Waals surface area contributed by atoms with Crippen LogP contribution in [-0.4, -0.2) is 46.8 Å². The van der Waals surface area contributed by atoms with Crippen LogP contribution in [0.2, 0.25) is 0 Å². The maximum Gasteiger partial charge on any atom is 0.311 e. The molecule has 0 aromatic rings. The van der Waals surface area contributed by atoms with E-state index in [0.29, 0.717) is 38.1 Å². The molecule has 0 radical (unpaired) electrons. The third kappa shape index (κ3) is 3.11. The summed E-state index contributed by atoms with van der Waals surface area (Å²) in [5.41, 5.74) is -0.899. The van der Waals surface area contributed by atoms with Crippen LogP contribution in [0.1, 0.15) is 52.9 Å². The number of likely N-dealkylation sites (tertiary alicyclic amines) is 1. The number of hydrogen-bond donors (Lipinski definition) is 1. The number of carbonyl (C=O) groups excluding carboxylic acids is 1. The van der Waals surface area contributed by atoms with Gasteiger partial charge < -0.3 is 9.84 Å². The lowest BCUT2D eigenvalue weighted by Crippen LogP contribution is -2.45. The van der Waals surface area contributed by atoms with E-state index in [1.165, 1.54) is 12.8 Å². The molecule has 3 unspecified atom stereocenters. The van der Waals surface area contributed by atoms with Crippen LogP contribution >= 0.6 is 0 Å². The van der Waals surface area contributed by atoms with Crippen molar-refractivity contribution >= 4 is 5.97 Å². The molecule has 4 nitrogen and oxygen atoms in total. The monoisotopic (exact) mass is 269 g/mol. The zero-order valence-electron chi connectivity index (χ0n) is 12.4. The van der Waals surface area contributed by atoms with E-state index in [2.05, 4.69) is 11.8 Å². The summed E-state index contributed by atoms with van der Waals surface area (Å²) in [7, 11) is 0. The number of β-amino-alcohol motifs (C(OH)–C–C–N with tert-alkyl or cyclic N) is 1. The van der Waals surface area contributed by atoms with Gasteiger partial charge in [-0.1, -0.05) is 13.3 Å². The molecule has 1 heterocycles. The Labute approximate surface area is 116 Å². The van der Waals surface area contributed by atoms with Crippen LogP contribution in [0, 0.1) is 5.92 Å². The predicted molar refractivity (Wildman–Crippen MR) is 73.8 cm³/mol. The van der Waals surface area contributed by atoms with Gasteiger partial charge in [0.1, 0.15) is 0 Å². The van der Waals surface area contributed by atoms with E-state index in [1.807, 2.05) is 13.8 Å². The first kappa shape index (κ1) is 14.8. The SMILES string of the molecule is CCCC(C(=O)OCC)C1(O)CC(C)N(C2CC2)C1. The van der Waals surface area contributed by atoms with Gasteiger partial charge in [0.25, 0.3) is 0 Å². The first-order valence-corrected chi connectivity index (χ1v) is 7.66. The fourth-order valence-electron chi connectivity index (χ4n) is 3.45. The summed E-state index contributed by atoms with van der Waals surface area (Å²) >= 11 is 0. The van der Waals surface area contributed by atoms with E-state index in [0.717, 1.165) is 6.42 Å². The van der Waals surface area contributed by atoms with Gasteiger partial charge in [-0.2, -0.15) is 0 Å². The topological polar surface area (TPSA) is 49.8 Å². The summed E-state index contributed by atoms with van der Waals surface area (Å²) in [6.45, 7) is 7.04. The molecule has 1 saturated carbocycles. The van der Waals surface area contributed by atoms with Crippen molar-refractivity contribution in [2.24, 2.45) is 5.92 Å². The minimum absolute atomic E-state index is 0.225. The van der Waals surface area contributed by atoms with Gasteiger partial charge in [-0.05, 0) is 39.5 Å². The summed E-state index contributed by atoms with van der Waals surface area (Å²) < 4.78 is 5.16. The highest BCUT2D eigenvalue weighted by molar-refractivity contribution is 5.74. The minimum Gasteiger partial charge on any atom is -0.466 e. The summed E-state index contributed by atoms with van der Waals surface area (Å²) in [5, 5.41) is 11.0. The predicted octanol–water partition coefficient (Wildman–Crippen LogP) is 1.95. The number of ether oxygens (including phenoxy) is 1. The average Bonchev–Trinajstić information content (AvgIpc) is 3.13. The average molecular weight is 269 g/mol. The molecule has 1 aliphatic heterocycles. The van der Waals surface area contributed by atoms with Crippen molar-refractivity contribution in [2.75, 3.05) is 13.2 Å². The number of hydrogen-bond acceptors (Lipinski definition) is 4. The van der Waals surface area contributed by atoms with Crippen molar-refractivity contribution in [3.8, 4) is 0 Å². The van der Waals surface area contributed by atoms with E-state index < -0.39 is 5.60 Å². The maximum absolute atomic E-state index is 12.1. The molecule has 1 aliphatic carbocycles. The summed E-state index contributed by atoms with van der Waals surface area (Å²) in [4.78, 5) is 14.5. The molecule has 1 saturated heterocycles. The first-order chi connectivity index (χ1) is 9.01. The van der Waals surface area contributed by atoms with Crippen LogP contribution < -0.4 is 0 Å². The van der Waals surface area contributed by atoms with Crippen molar-refractivity contribution in [1.29, 1.82) is 0 Å². The van der Waals surface area contributed by atoms with Gasteiger partial charge in [-0.3, -0.25) is 9.69 Å². The Morgan fingerprint density at radius 2 is 2.16 bits per heavy atom. The number of carbonyl (C=O) groups is 1. The molecule has 0 aromatic carbocycles. The number of aliphatic hydroxyl groups is 1. The second-order valence-corrected chi connectivity index (χ2v) is 6.15. The molecule has 0 bridgehead atoms. The summed E-state index contributed by atoms with van der Waals surface area (Å²) in [6, 6.07) is 1.000. The van der Waals surface area contributed by atoms with Crippen molar-refractivity contribution in [3.63, 3.8) is 0 Å². The minimum atomic E-state index is -0.899. The molecule has 1 N–H and O–H groups in total. The molecular weight excluding hydrogens is 242 g/mol. The van der Waals surface area contributed by atoms with Crippen molar-refractivity contribution < 1.29 is 14.6 Å². The quantitative estimate of drug-likeness (QED) is 0.749. The van der Waals surface area contributed by atoms with Gasteiger partial charge in [-0.15, -0.1) is 0 Å². The fourth-order valence-corrected chi connectivity index (χ4v) is 3.45. The number of rotatable bonds is 6. The fraction of sp³-hybridized carbons (Fsp3) is 0.933. The van der Waals surface area contributed by atoms with Crippen LogP contribution in [0.3, 0.4) is 0 Å². The van der Waals surface area contributed by atoms with Crippen LogP contribution in [0.15, 0.2) is 0 Å². The third-order valence-electron chi connectivity index (χ3n) is 4.48. The molecule has 2 aliphatic rings.